The molecule has 1 N–H and O–H groups in total. The summed E-state index contributed by atoms with van der Waals surface area (Å²) in [5.74, 6) is 3.50. The van der Waals surface area contributed by atoms with Crippen molar-refractivity contribution in [2.24, 2.45) is 0 Å². The van der Waals surface area contributed by atoms with E-state index in [0.29, 0.717) is 0 Å². The Balaban J connectivity index is 1.96. The Morgan fingerprint density at radius 2 is 2.28 bits per heavy atom. The second-order valence-electron chi connectivity index (χ2n) is 4.50. The molecule has 0 saturated carbocycles. The first-order valence-corrected chi connectivity index (χ1v) is 7.90. The van der Waals surface area contributed by atoms with Gasteiger partial charge in [-0.2, -0.15) is 11.8 Å². The second kappa shape index (κ2) is 7.59. The molecule has 18 heavy (non-hydrogen) atoms. The van der Waals surface area contributed by atoms with E-state index >= 15 is 0 Å². The minimum absolute atomic E-state index is 0.817. The van der Waals surface area contributed by atoms with Crippen molar-refractivity contribution in [1.29, 1.82) is 0 Å². The molecule has 1 saturated heterocycles. The number of hydrogen-bond donors (Lipinski definition) is 1. The summed E-state index contributed by atoms with van der Waals surface area (Å²) < 4.78 is 0. The van der Waals surface area contributed by atoms with Crippen molar-refractivity contribution < 1.29 is 0 Å². The molecule has 1 aliphatic heterocycles. The summed E-state index contributed by atoms with van der Waals surface area (Å²) in [6.07, 6.45) is 6.14. The lowest BCUT2D eigenvalue weighted by atomic mass is 10.3. The first-order valence-electron chi connectivity index (χ1n) is 6.74. The van der Waals surface area contributed by atoms with Crippen molar-refractivity contribution in [3.63, 3.8) is 0 Å². The lowest BCUT2D eigenvalue weighted by Gasteiger charge is -2.21. The summed E-state index contributed by atoms with van der Waals surface area (Å²) in [6, 6.07) is 0. The standard InChI is InChI=1S/C13H22N4S/c1-2-4-14-9-12-10-15-11-13(16-12)17-5-3-7-18-8-6-17/h10-11,14H,2-9H2,1H3. The van der Waals surface area contributed by atoms with Gasteiger partial charge < -0.3 is 10.2 Å². The fourth-order valence-electron chi connectivity index (χ4n) is 2.00. The van der Waals surface area contributed by atoms with E-state index < -0.39 is 0 Å². The summed E-state index contributed by atoms with van der Waals surface area (Å²) in [4.78, 5) is 11.4. The van der Waals surface area contributed by atoms with Gasteiger partial charge in [0, 0.05) is 31.6 Å². The summed E-state index contributed by atoms with van der Waals surface area (Å²) >= 11 is 2.03. The minimum Gasteiger partial charge on any atom is -0.354 e. The van der Waals surface area contributed by atoms with E-state index in [-0.39, 0.29) is 0 Å². The highest BCUT2D eigenvalue weighted by Gasteiger charge is 2.11. The van der Waals surface area contributed by atoms with Gasteiger partial charge in [0.1, 0.15) is 5.82 Å². The van der Waals surface area contributed by atoms with Gasteiger partial charge >= 0.3 is 0 Å². The van der Waals surface area contributed by atoms with Crippen LogP contribution in [0, 0.1) is 0 Å². The Labute approximate surface area is 114 Å². The van der Waals surface area contributed by atoms with Gasteiger partial charge in [0.15, 0.2) is 0 Å². The van der Waals surface area contributed by atoms with Crippen LogP contribution in [0.15, 0.2) is 12.4 Å². The molecule has 1 fully saturated rings. The van der Waals surface area contributed by atoms with E-state index in [1.165, 1.54) is 17.9 Å². The Hall–Kier alpha value is -0.810. The zero-order valence-electron chi connectivity index (χ0n) is 11.1. The summed E-state index contributed by atoms with van der Waals surface area (Å²) in [6.45, 7) is 6.21. The molecule has 1 aromatic rings. The number of thioether (sulfide) groups is 1. The van der Waals surface area contributed by atoms with Crippen molar-refractivity contribution in [2.75, 3.05) is 36.0 Å². The maximum atomic E-state index is 4.70. The van der Waals surface area contributed by atoms with Gasteiger partial charge in [-0.3, -0.25) is 4.98 Å². The van der Waals surface area contributed by atoms with Gasteiger partial charge in [-0.15, -0.1) is 0 Å². The van der Waals surface area contributed by atoms with E-state index in [1.807, 2.05) is 24.2 Å². The maximum Gasteiger partial charge on any atom is 0.147 e. The van der Waals surface area contributed by atoms with Gasteiger partial charge in [0.05, 0.1) is 11.9 Å². The van der Waals surface area contributed by atoms with Gasteiger partial charge in [-0.05, 0) is 25.1 Å². The maximum absolute atomic E-state index is 4.70. The molecule has 100 valence electrons. The van der Waals surface area contributed by atoms with Crippen LogP contribution < -0.4 is 10.2 Å². The average Bonchev–Trinajstić information content (AvgIpc) is 2.68. The Morgan fingerprint density at radius 1 is 1.33 bits per heavy atom. The first kappa shape index (κ1) is 13.6. The van der Waals surface area contributed by atoms with E-state index in [4.69, 9.17) is 4.98 Å². The predicted molar refractivity (Wildman–Crippen MR) is 78.2 cm³/mol. The van der Waals surface area contributed by atoms with Gasteiger partial charge in [-0.1, -0.05) is 6.92 Å². The topological polar surface area (TPSA) is 41.1 Å². The fourth-order valence-corrected chi connectivity index (χ4v) is 2.89. The molecule has 0 bridgehead atoms. The zero-order chi connectivity index (χ0) is 12.6. The number of aromatic nitrogens is 2. The number of hydrogen-bond acceptors (Lipinski definition) is 5. The SMILES string of the molecule is CCCNCc1cncc(N2CCCSCC2)n1. The molecule has 0 aromatic carbocycles. The Kier molecular flexibility index (Phi) is 5.74. The molecule has 0 aliphatic carbocycles. The monoisotopic (exact) mass is 266 g/mol. The average molecular weight is 266 g/mol. The molecule has 0 amide bonds. The van der Waals surface area contributed by atoms with Crippen LogP contribution >= 0.6 is 11.8 Å². The molecule has 0 atom stereocenters. The lowest BCUT2D eigenvalue weighted by molar-refractivity contribution is 0.660. The van der Waals surface area contributed by atoms with E-state index in [1.54, 1.807) is 0 Å². The fraction of sp³-hybridized carbons (Fsp3) is 0.692. The second-order valence-corrected chi connectivity index (χ2v) is 5.72. The van der Waals surface area contributed by atoms with Crippen molar-refractivity contribution in [2.45, 2.75) is 26.3 Å². The smallest absolute Gasteiger partial charge is 0.147 e. The number of anilines is 1. The first-order chi connectivity index (χ1) is 8.90. The summed E-state index contributed by atoms with van der Waals surface area (Å²) in [7, 11) is 0. The van der Waals surface area contributed by atoms with Crippen molar-refractivity contribution in [3.05, 3.63) is 18.1 Å². The predicted octanol–water partition coefficient (Wildman–Crippen LogP) is 1.92. The van der Waals surface area contributed by atoms with Crippen LogP contribution in [0.1, 0.15) is 25.5 Å². The molecular weight excluding hydrogens is 244 g/mol. The van der Waals surface area contributed by atoms with E-state index in [0.717, 1.165) is 44.1 Å². The summed E-state index contributed by atoms with van der Waals surface area (Å²) in [5, 5.41) is 3.37. The van der Waals surface area contributed by atoms with Gasteiger partial charge in [0.25, 0.3) is 0 Å². The van der Waals surface area contributed by atoms with Crippen LogP contribution in [0.4, 0.5) is 5.82 Å². The summed E-state index contributed by atoms with van der Waals surface area (Å²) in [5.41, 5.74) is 1.04. The van der Waals surface area contributed by atoms with Crippen LogP contribution in [-0.2, 0) is 6.54 Å². The molecule has 1 aliphatic rings. The highest BCUT2D eigenvalue weighted by molar-refractivity contribution is 7.99. The molecule has 1 aromatic heterocycles. The molecule has 4 nitrogen and oxygen atoms in total. The highest BCUT2D eigenvalue weighted by Crippen LogP contribution is 2.16. The lowest BCUT2D eigenvalue weighted by Crippen LogP contribution is -2.27. The van der Waals surface area contributed by atoms with E-state index in [9.17, 15) is 0 Å². The number of nitrogens with one attached hydrogen (secondary N) is 1. The van der Waals surface area contributed by atoms with Crippen molar-refractivity contribution >= 4 is 17.6 Å². The third-order valence-electron chi connectivity index (χ3n) is 2.95. The molecule has 0 radical (unpaired) electrons. The van der Waals surface area contributed by atoms with Crippen molar-refractivity contribution in [1.82, 2.24) is 15.3 Å². The van der Waals surface area contributed by atoms with Crippen LogP contribution in [0.3, 0.4) is 0 Å². The van der Waals surface area contributed by atoms with Crippen LogP contribution in [0.5, 0.6) is 0 Å². The molecule has 0 unspecified atom stereocenters. The van der Waals surface area contributed by atoms with Gasteiger partial charge in [0.2, 0.25) is 0 Å². The van der Waals surface area contributed by atoms with Gasteiger partial charge in [-0.25, -0.2) is 4.98 Å². The van der Waals surface area contributed by atoms with E-state index in [2.05, 4.69) is 22.1 Å². The number of rotatable bonds is 5. The molecule has 0 spiro atoms. The largest absolute Gasteiger partial charge is 0.354 e. The Bertz CT molecular complexity index is 351. The third kappa shape index (κ3) is 4.14. The van der Waals surface area contributed by atoms with Crippen LogP contribution in [-0.4, -0.2) is 41.1 Å². The third-order valence-corrected chi connectivity index (χ3v) is 4.00. The Morgan fingerprint density at radius 3 is 3.17 bits per heavy atom. The molecule has 5 heteroatoms. The molecular formula is C13H22N4S. The minimum atomic E-state index is 0.817. The highest BCUT2D eigenvalue weighted by atomic mass is 32.2. The molecule has 2 heterocycles. The van der Waals surface area contributed by atoms with Crippen LogP contribution in [0.25, 0.3) is 0 Å². The number of nitrogens with zero attached hydrogens (tertiary/aromatic N) is 3. The normalized spacial score (nSPS) is 16.6. The zero-order valence-corrected chi connectivity index (χ0v) is 11.9. The van der Waals surface area contributed by atoms with Crippen LogP contribution in [0.2, 0.25) is 0 Å². The quantitative estimate of drug-likeness (QED) is 0.825. The molecule has 2 rings (SSSR count). The van der Waals surface area contributed by atoms with Crippen molar-refractivity contribution in [3.8, 4) is 0 Å².